The van der Waals surface area contributed by atoms with Crippen LogP contribution in [0.3, 0.4) is 0 Å². The maximum atomic E-state index is 12.6. The van der Waals surface area contributed by atoms with Crippen molar-refractivity contribution in [2.24, 2.45) is 0 Å². The monoisotopic (exact) mass is 317 g/mol. The number of hydrogen-bond donors (Lipinski definition) is 1. The minimum Gasteiger partial charge on any atom is -0.464 e. The van der Waals surface area contributed by atoms with E-state index in [0.29, 0.717) is 6.07 Å². The number of hydrogen-bond acceptors (Lipinski definition) is 4. The zero-order valence-corrected chi connectivity index (χ0v) is 11.9. The molecule has 8 heteroatoms. The Kier molecular flexibility index (Phi) is 5.67. The van der Waals surface area contributed by atoms with Crippen LogP contribution in [0.15, 0.2) is 24.3 Å². The molecular weight excluding hydrogens is 303 g/mol. The smallest absolute Gasteiger partial charge is 0.416 e. The van der Waals surface area contributed by atoms with Crippen LogP contribution in [0.1, 0.15) is 29.8 Å². The highest BCUT2D eigenvalue weighted by Crippen LogP contribution is 2.29. The van der Waals surface area contributed by atoms with Gasteiger partial charge in [-0.1, -0.05) is 12.1 Å². The Hall–Kier alpha value is -2.38. The lowest BCUT2D eigenvalue weighted by Crippen LogP contribution is -2.46. The first-order chi connectivity index (χ1) is 10.2. The van der Waals surface area contributed by atoms with Crippen molar-refractivity contribution in [1.29, 1.82) is 0 Å². The van der Waals surface area contributed by atoms with Crippen molar-refractivity contribution < 1.29 is 32.3 Å². The van der Waals surface area contributed by atoms with Crippen LogP contribution in [0.25, 0.3) is 0 Å². The van der Waals surface area contributed by atoms with Gasteiger partial charge in [0, 0.05) is 12.5 Å². The SMILES string of the molecule is CCOC(=O)[C@@H](NC(C)=O)C(=O)c1cccc(C(F)(F)F)c1. The van der Waals surface area contributed by atoms with Crippen LogP contribution in [0.4, 0.5) is 13.2 Å². The third kappa shape index (κ3) is 4.57. The number of ketones is 1. The number of Topliss-reactive ketones (excluding diaryl/α,β-unsaturated/α-hetero) is 1. The number of amides is 1. The number of alkyl halides is 3. The van der Waals surface area contributed by atoms with Crippen LogP contribution in [0.5, 0.6) is 0 Å². The summed E-state index contributed by atoms with van der Waals surface area (Å²) in [6.45, 7) is 2.54. The summed E-state index contributed by atoms with van der Waals surface area (Å²) in [5, 5.41) is 2.08. The van der Waals surface area contributed by atoms with Gasteiger partial charge in [-0.05, 0) is 19.1 Å². The van der Waals surface area contributed by atoms with Gasteiger partial charge in [0.1, 0.15) is 0 Å². The first-order valence-electron chi connectivity index (χ1n) is 6.32. The number of esters is 1. The number of halogens is 3. The molecule has 1 aromatic rings. The number of carbonyl (C=O) groups excluding carboxylic acids is 3. The van der Waals surface area contributed by atoms with E-state index in [1.54, 1.807) is 0 Å². The summed E-state index contributed by atoms with van der Waals surface area (Å²) in [5.74, 6) is -2.68. The molecule has 22 heavy (non-hydrogen) atoms. The average molecular weight is 317 g/mol. The van der Waals surface area contributed by atoms with E-state index in [4.69, 9.17) is 0 Å². The van der Waals surface area contributed by atoms with Crippen LogP contribution in [-0.4, -0.2) is 30.3 Å². The molecule has 0 aliphatic heterocycles. The van der Waals surface area contributed by atoms with Gasteiger partial charge in [0.15, 0.2) is 11.8 Å². The molecule has 0 aliphatic rings. The molecule has 0 fully saturated rings. The first-order valence-corrected chi connectivity index (χ1v) is 6.32. The molecule has 0 aliphatic carbocycles. The highest BCUT2D eigenvalue weighted by Gasteiger charge is 2.33. The van der Waals surface area contributed by atoms with Gasteiger partial charge in [0.05, 0.1) is 12.2 Å². The van der Waals surface area contributed by atoms with Crippen molar-refractivity contribution in [3.05, 3.63) is 35.4 Å². The van der Waals surface area contributed by atoms with Crippen LogP contribution in [-0.2, 0) is 20.5 Å². The Labute approximate surface area is 124 Å². The molecule has 0 saturated heterocycles. The normalized spacial score (nSPS) is 12.4. The Balaban J connectivity index is 3.13. The molecule has 1 aromatic carbocycles. The van der Waals surface area contributed by atoms with E-state index in [0.717, 1.165) is 25.1 Å². The zero-order chi connectivity index (χ0) is 16.9. The minimum atomic E-state index is -4.62. The molecule has 120 valence electrons. The molecule has 5 nitrogen and oxygen atoms in total. The van der Waals surface area contributed by atoms with Crippen LogP contribution < -0.4 is 5.32 Å². The summed E-state index contributed by atoms with van der Waals surface area (Å²) in [4.78, 5) is 35.0. The molecule has 0 bridgehead atoms. The number of carbonyl (C=O) groups is 3. The van der Waals surface area contributed by atoms with Crippen molar-refractivity contribution in [2.45, 2.75) is 26.1 Å². The Morgan fingerprint density at radius 1 is 1.27 bits per heavy atom. The van der Waals surface area contributed by atoms with E-state index in [1.807, 2.05) is 0 Å². The molecular formula is C14H14F3NO4. The van der Waals surface area contributed by atoms with E-state index in [-0.39, 0.29) is 12.2 Å². The summed E-state index contributed by atoms with van der Waals surface area (Å²) in [6, 6.07) is 1.92. The van der Waals surface area contributed by atoms with Gasteiger partial charge in [-0.2, -0.15) is 13.2 Å². The van der Waals surface area contributed by atoms with Gasteiger partial charge in [-0.3, -0.25) is 9.59 Å². The first kappa shape index (κ1) is 17.7. The molecule has 0 saturated carbocycles. The summed E-state index contributed by atoms with van der Waals surface area (Å²) >= 11 is 0. The van der Waals surface area contributed by atoms with Gasteiger partial charge >= 0.3 is 12.1 Å². The Morgan fingerprint density at radius 3 is 2.41 bits per heavy atom. The lowest BCUT2D eigenvalue weighted by molar-refractivity contribution is -0.145. The van der Waals surface area contributed by atoms with Crippen molar-refractivity contribution in [3.63, 3.8) is 0 Å². The molecule has 0 aromatic heterocycles. The molecule has 1 amide bonds. The van der Waals surface area contributed by atoms with Gasteiger partial charge in [0.2, 0.25) is 5.91 Å². The summed E-state index contributed by atoms with van der Waals surface area (Å²) in [5.41, 5.74) is -1.37. The summed E-state index contributed by atoms with van der Waals surface area (Å²) < 4.78 is 42.6. The van der Waals surface area contributed by atoms with Gasteiger partial charge < -0.3 is 10.1 Å². The number of nitrogens with one attached hydrogen (secondary N) is 1. The van der Waals surface area contributed by atoms with Crippen molar-refractivity contribution in [2.75, 3.05) is 6.61 Å². The predicted octanol–water partition coefficient (Wildman–Crippen LogP) is 1.96. The molecule has 0 unspecified atom stereocenters. The standard InChI is InChI=1S/C14H14F3NO4/c1-3-22-13(21)11(18-8(2)19)12(20)9-5-4-6-10(7-9)14(15,16)17/h4-7,11H,3H2,1-2H3,(H,18,19)/t11-/m0/s1. The highest BCUT2D eigenvalue weighted by molar-refractivity contribution is 6.13. The summed E-state index contributed by atoms with van der Waals surface area (Å²) in [7, 11) is 0. The second-order valence-electron chi connectivity index (χ2n) is 4.33. The molecule has 0 radical (unpaired) electrons. The largest absolute Gasteiger partial charge is 0.464 e. The second-order valence-corrected chi connectivity index (χ2v) is 4.33. The fourth-order valence-corrected chi connectivity index (χ4v) is 1.68. The lowest BCUT2D eigenvalue weighted by atomic mass is 10.0. The topological polar surface area (TPSA) is 72.5 Å². The van der Waals surface area contributed by atoms with Crippen molar-refractivity contribution in [3.8, 4) is 0 Å². The zero-order valence-electron chi connectivity index (χ0n) is 11.9. The van der Waals surface area contributed by atoms with E-state index >= 15 is 0 Å². The molecule has 1 N–H and O–H groups in total. The van der Waals surface area contributed by atoms with Gasteiger partial charge in [-0.15, -0.1) is 0 Å². The minimum absolute atomic E-state index is 0.0369. The average Bonchev–Trinajstić information content (AvgIpc) is 2.43. The highest BCUT2D eigenvalue weighted by atomic mass is 19.4. The number of ether oxygens (including phenoxy) is 1. The van der Waals surface area contributed by atoms with E-state index in [9.17, 15) is 27.6 Å². The maximum Gasteiger partial charge on any atom is 0.416 e. The Bertz CT molecular complexity index is 584. The Morgan fingerprint density at radius 2 is 1.91 bits per heavy atom. The van der Waals surface area contributed by atoms with Crippen LogP contribution >= 0.6 is 0 Å². The fourth-order valence-electron chi connectivity index (χ4n) is 1.68. The fraction of sp³-hybridized carbons (Fsp3) is 0.357. The molecule has 0 spiro atoms. The van der Waals surface area contributed by atoms with E-state index in [1.165, 1.54) is 6.92 Å². The lowest BCUT2D eigenvalue weighted by Gasteiger charge is -2.16. The second kappa shape index (κ2) is 7.06. The predicted molar refractivity (Wildman–Crippen MR) is 70.0 cm³/mol. The van der Waals surface area contributed by atoms with Crippen LogP contribution in [0.2, 0.25) is 0 Å². The molecule has 1 rings (SSSR count). The molecule has 1 atom stereocenters. The maximum absolute atomic E-state index is 12.6. The van der Waals surface area contributed by atoms with E-state index < -0.39 is 35.4 Å². The van der Waals surface area contributed by atoms with E-state index in [2.05, 4.69) is 10.1 Å². The van der Waals surface area contributed by atoms with Crippen LogP contribution in [0, 0.1) is 0 Å². The third-order valence-corrected chi connectivity index (χ3v) is 2.61. The van der Waals surface area contributed by atoms with Crippen molar-refractivity contribution >= 4 is 17.7 Å². The third-order valence-electron chi connectivity index (χ3n) is 2.61. The quantitative estimate of drug-likeness (QED) is 0.512. The molecule has 0 heterocycles. The van der Waals surface area contributed by atoms with Crippen molar-refractivity contribution in [1.82, 2.24) is 5.32 Å². The summed E-state index contributed by atoms with van der Waals surface area (Å²) in [6.07, 6.45) is -4.62. The number of benzene rings is 1. The number of rotatable bonds is 5. The van der Waals surface area contributed by atoms with Gasteiger partial charge in [-0.25, -0.2) is 4.79 Å². The van der Waals surface area contributed by atoms with Gasteiger partial charge in [0.25, 0.3) is 0 Å².